The van der Waals surface area contributed by atoms with Crippen molar-refractivity contribution in [2.75, 3.05) is 11.5 Å². The average molecular weight is 254 g/mol. The molecule has 0 spiro atoms. The molecule has 1 saturated heterocycles. The first-order valence-electron chi connectivity index (χ1n) is 5.66. The van der Waals surface area contributed by atoms with Crippen molar-refractivity contribution in [3.8, 4) is 0 Å². The predicted octanol–water partition coefficient (Wildman–Crippen LogP) is 3.27. The number of aliphatic hydroxyl groups excluding tert-OH is 1. The fraction of sp³-hybridized carbons (Fsp3) is 0.538. The number of benzene rings is 1. The van der Waals surface area contributed by atoms with E-state index in [1.807, 2.05) is 35.7 Å². The Morgan fingerprint density at radius 1 is 1.19 bits per heavy atom. The van der Waals surface area contributed by atoms with Gasteiger partial charge in [0.05, 0.1) is 6.10 Å². The van der Waals surface area contributed by atoms with Crippen molar-refractivity contribution < 1.29 is 5.11 Å². The molecule has 0 saturated carbocycles. The van der Waals surface area contributed by atoms with E-state index in [4.69, 9.17) is 0 Å². The van der Waals surface area contributed by atoms with Gasteiger partial charge < -0.3 is 5.11 Å². The first-order valence-corrected chi connectivity index (χ1v) is 7.76. The highest BCUT2D eigenvalue weighted by Crippen LogP contribution is 2.38. The van der Waals surface area contributed by atoms with E-state index in [9.17, 15) is 5.11 Å². The molecule has 2 rings (SSSR count). The predicted molar refractivity (Wildman–Crippen MR) is 74.3 cm³/mol. The Hall–Kier alpha value is -0.120. The van der Waals surface area contributed by atoms with Crippen LogP contribution in [-0.2, 0) is 0 Å². The molecule has 1 aliphatic heterocycles. The van der Waals surface area contributed by atoms with Crippen LogP contribution >= 0.6 is 23.5 Å². The second kappa shape index (κ2) is 5.48. The number of hydrogen-bond acceptors (Lipinski definition) is 3. The minimum atomic E-state index is -0.326. The fourth-order valence-electron chi connectivity index (χ4n) is 1.95. The molecule has 0 aromatic heterocycles. The molecule has 0 radical (unpaired) electrons. The maximum atomic E-state index is 10.4. The normalized spacial score (nSPS) is 27.7. The molecule has 0 amide bonds. The van der Waals surface area contributed by atoms with Gasteiger partial charge in [0.15, 0.2) is 0 Å². The van der Waals surface area contributed by atoms with E-state index in [-0.39, 0.29) is 6.10 Å². The van der Waals surface area contributed by atoms with Crippen LogP contribution in [0.1, 0.15) is 24.2 Å². The van der Waals surface area contributed by atoms with E-state index >= 15 is 0 Å². The third-order valence-electron chi connectivity index (χ3n) is 2.97. The molecule has 3 atom stereocenters. The second-order valence-corrected chi connectivity index (χ2v) is 7.04. The molecule has 0 bridgehead atoms. The largest absolute Gasteiger partial charge is 0.387 e. The smallest absolute Gasteiger partial charge is 0.0919 e. The zero-order valence-electron chi connectivity index (χ0n) is 9.72. The molecule has 1 N–H and O–H groups in total. The summed E-state index contributed by atoms with van der Waals surface area (Å²) < 4.78 is 0. The van der Waals surface area contributed by atoms with Gasteiger partial charge in [-0.15, -0.1) is 0 Å². The van der Waals surface area contributed by atoms with Gasteiger partial charge in [0.1, 0.15) is 0 Å². The lowest BCUT2D eigenvalue weighted by Gasteiger charge is -2.31. The van der Waals surface area contributed by atoms with E-state index in [0.29, 0.717) is 10.5 Å². The Morgan fingerprint density at radius 2 is 1.81 bits per heavy atom. The molecule has 1 nitrogen and oxygen atoms in total. The van der Waals surface area contributed by atoms with Crippen LogP contribution in [0.3, 0.4) is 0 Å². The maximum absolute atomic E-state index is 10.4. The van der Waals surface area contributed by atoms with Crippen LogP contribution in [0.4, 0.5) is 0 Å². The molecular formula is C13H18OS2. The van der Waals surface area contributed by atoms with Gasteiger partial charge in [0.25, 0.3) is 0 Å². The van der Waals surface area contributed by atoms with Crippen molar-refractivity contribution in [1.82, 2.24) is 0 Å². The van der Waals surface area contributed by atoms with Gasteiger partial charge in [0.2, 0.25) is 0 Å². The molecule has 88 valence electrons. The highest BCUT2D eigenvalue weighted by molar-refractivity contribution is 8.07. The summed E-state index contributed by atoms with van der Waals surface area (Å²) in [7, 11) is 0. The lowest BCUT2D eigenvalue weighted by molar-refractivity contribution is 0.174. The highest BCUT2D eigenvalue weighted by atomic mass is 32.2. The van der Waals surface area contributed by atoms with Crippen molar-refractivity contribution in [2.45, 2.75) is 30.5 Å². The second-order valence-electron chi connectivity index (χ2n) is 4.27. The van der Waals surface area contributed by atoms with E-state index < -0.39 is 0 Å². The number of hydrogen-bond donors (Lipinski definition) is 1. The van der Waals surface area contributed by atoms with E-state index in [0.717, 1.165) is 11.3 Å². The Balaban J connectivity index is 2.11. The van der Waals surface area contributed by atoms with E-state index in [1.165, 1.54) is 11.3 Å². The molecule has 1 fully saturated rings. The lowest BCUT2D eigenvalue weighted by atomic mass is 10.0. The van der Waals surface area contributed by atoms with Gasteiger partial charge in [-0.25, -0.2) is 0 Å². The molecule has 1 aliphatic rings. The number of thioether (sulfide) groups is 2. The van der Waals surface area contributed by atoms with Gasteiger partial charge in [0, 0.05) is 22.0 Å². The lowest BCUT2D eigenvalue weighted by Crippen LogP contribution is -2.29. The third-order valence-corrected chi connectivity index (χ3v) is 6.15. The zero-order valence-corrected chi connectivity index (χ0v) is 11.4. The standard InChI is InChI=1S/C13H18OS2/c1-9-3-5-11(6-4-9)12(14)13-10(2)15-7-8-16-13/h3-6,10,12-14H,7-8H2,1-2H3. The van der Waals surface area contributed by atoms with Crippen molar-refractivity contribution in [3.63, 3.8) is 0 Å². The van der Waals surface area contributed by atoms with Gasteiger partial charge in [-0.1, -0.05) is 36.8 Å². The topological polar surface area (TPSA) is 20.2 Å². The fourth-order valence-corrected chi connectivity index (χ4v) is 4.78. The number of aliphatic hydroxyl groups is 1. The number of aryl methyl sites for hydroxylation is 1. The Morgan fingerprint density at radius 3 is 2.44 bits per heavy atom. The first-order chi connectivity index (χ1) is 7.68. The van der Waals surface area contributed by atoms with Gasteiger partial charge in [-0.3, -0.25) is 0 Å². The summed E-state index contributed by atoms with van der Waals surface area (Å²) in [5.74, 6) is 2.37. The molecule has 3 unspecified atom stereocenters. The SMILES string of the molecule is Cc1ccc(C(O)C2SCCSC2C)cc1. The monoisotopic (exact) mass is 254 g/mol. The van der Waals surface area contributed by atoms with Crippen LogP contribution in [0.5, 0.6) is 0 Å². The Bertz CT molecular complexity index is 336. The van der Waals surface area contributed by atoms with Crippen molar-refractivity contribution in [1.29, 1.82) is 0 Å². The summed E-state index contributed by atoms with van der Waals surface area (Å²) in [6.45, 7) is 4.29. The van der Waals surface area contributed by atoms with Crippen LogP contribution < -0.4 is 0 Å². The van der Waals surface area contributed by atoms with Gasteiger partial charge in [-0.2, -0.15) is 23.5 Å². The Labute approximate surface area is 106 Å². The van der Waals surface area contributed by atoms with Gasteiger partial charge in [-0.05, 0) is 12.5 Å². The summed E-state index contributed by atoms with van der Waals surface area (Å²) in [5.41, 5.74) is 2.30. The van der Waals surface area contributed by atoms with E-state index in [1.54, 1.807) is 0 Å². The molecule has 1 aromatic carbocycles. The van der Waals surface area contributed by atoms with Crippen LogP contribution in [0.2, 0.25) is 0 Å². The summed E-state index contributed by atoms with van der Waals surface area (Å²) in [5, 5.41) is 11.2. The van der Waals surface area contributed by atoms with Crippen molar-refractivity contribution in [2.24, 2.45) is 0 Å². The Kier molecular flexibility index (Phi) is 4.22. The third kappa shape index (κ3) is 2.76. The summed E-state index contributed by atoms with van der Waals surface area (Å²) in [6, 6.07) is 8.24. The van der Waals surface area contributed by atoms with E-state index in [2.05, 4.69) is 26.0 Å². The molecule has 0 aliphatic carbocycles. The zero-order chi connectivity index (χ0) is 11.5. The highest BCUT2D eigenvalue weighted by Gasteiger charge is 2.29. The average Bonchev–Trinajstić information content (AvgIpc) is 2.30. The quantitative estimate of drug-likeness (QED) is 0.875. The summed E-state index contributed by atoms with van der Waals surface area (Å²) in [4.78, 5) is 0. The molecule has 16 heavy (non-hydrogen) atoms. The first kappa shape index (κ1) is 12.3. The van der Waals surface area contributed by atoms with Crippen molar-refractivity contribution in [3.05, 3.63) is 35.4 Å². The molecular weight excluding hydrogens is 236 g/mol. The molecule has 3 heteroatoms. The number of rotatable bonds is 2. The van der Waals surface area contributed by atoms with Crippen LogP contribution in [-0.4, -0.2) is 27.1 Å². The van der Waals surface area contributed by atoms with Crippen LogP contribution in [0.15, 0.2) is 24.3 Å². The van der Waals surface area contributed by atoms with Crippen LogP contribution in [0, 0.1) is 6.92 Å². The summed E-state index contributed by atoms with van der Waals surface area (Å²) in [6.07, 6.45) is -0.326. The minimum Gasteiger partial charge on any atom is -0.387 e. The molecule has 1 aromatic rings. The minimum absolute atomic E-state index is 0.326. The maximum Gasteiger partial charge on any atom is 0.0919 e. The van der Waals surface area contributed by atoms with Gasteiger partial charge >= 0.3 is 0 Å². The molecule has 1 heterocycles. The van der Waals surface area contributed by atoms with Crippen LogP contribution in [0.25, 0.3) is 0 Å². The summed E-state index contributed by atoms with van der Waals surface area (Å²) >= 11 is 3.88. The van der Waals surface area contributed by atoms with Crippen molar-refractivity contribution >= 4 is 23.5 Å².